The van der Waals surface area contributed by atoms with E-state index < -0.39 is 18.4 Å². The number of aromatic nitrogens is 14. The summed E-state index contributed by atoms with van der Waals surface area (Å²) in [6.45, 7) is 3.11. The molecule has 0 saturated heterocycles. The van der Waals surface area contributed by atoms with Crippen molar-refractivity contribution in [2.75, 3.05) is 97.1 Å². The number of fused-ring (bicyclic) bond motifs is 20. The van der Waals surface area contributed by atoms with Crippen molar-refractivity contribution in [3.63, 3.8) is 0 Å². The highest BCUT2D eigenvalue weighted by atomic mass is 16.6. The summed E-state index contributed by atoms with van der Waals surface area (Å²) in [7, 11) is 7.68. The molecule has 20 bridgehead atoms. The normalized spacial score (nSPS) is 12.6. The summed E-state index contributed by atoms with van der Waals surface area (Å²) in [5.41, 5.74) is 1.25. The molecule has 10 aromatic heterocycles. The summed E-state index contributed by atoms with van der Waals surface area (Å²) >= 11 is 0. The van der Waals surface area contributed by atoms with Crippen LogP contribution in [-0.2, 0) is 54.8 Å². The second kappa shape index (κ2) is 35.2. The van der Waals surface area contributed by atoms with Gasteiger partial charge in [-0.15, -0.1) is 10.2 Å². The fourth-order valence-electron chi connectivity index (χ4n) is 11.8. The van der Waals surface area contributed by atoms with Crippen molar-refractivity contribution in [1.29, 1.82) is 0 Å². The van der Waals surface area contributed by atoms with E-state index in [9.17, 15) is 9.59 Å². The third-order valence-electron chi connectivity index (χ3n) is 17.5. The van der Waals surface area contributed by atoms with Gasteiger partial charge < -0.3 is 67.3 Å². The zero-order valence-corrected chi connectivity index (χ0v) is 60.7. The van der Waals surface area contributed by atoms with E-state index in [4.69, 9.17) is 77.8 Å². The Labute approximate surface area is 629 Å². The van der Waals surface area contributed by atoms with Crippen LogP contribution in [0.15, 0.2) is 207 Å². The molecule has 14 rings (SSSR count). The van der Waals surface area contributed by atoms with Crippen LogP contribution in [0.1, 0.15) is 56.3 Å². The van der Waals surface area contributed by atoms with Crippen molar-refractivity contribution in [3.05, 3.63) is 218 Å². The monoisotopic (exact) mass is 1470 g/mol. The molecule has 0 aliphatic carbocycles. The van der Waals surface area contributed by atoms with Gasteiger partial charge in [0.15, 0.2) is 0 Å². The fraction of sp³-hybridized carbons (Fsp3) is 0.266. The van der Waals surface area contributed by atoms with Crippen molar-refractivity contribution < 1.29 is 47.5 Å². The van der Waals surface area contributed by atoms with Crippen molar-refractivity contribution in [1.82, 2.24) is 69.9 Å². The third kappa shape index (κ3) is 19.5. The van der Waals surface area contributed by atoms with E-state index in [1.165, 1.54) is 0 Å². The fourth-order valence-corrected chi connectivity index (χ4v) is 11.8. The number of nitrogens with zero attached hydrogens (tertiary/aromatic N) is 20. The molecule has 0 atom stereocenters. The van der Waals surface area contributed by atoms with E-state index in [-0.39, 0.29) is 39.5 Å². The molecule has 30 nitrogen and oxygen atoms in total. The maximum absolute atomic E-state index is 12.6. The Kier molecular flexibility index (Phi) is 23.5. The minimum atomic E-state index is -0.723. The zero-order chi connectivity index (χ0) is 74.7. The number of ether oxygens (including phenoxy) is 8. The molecule has 0 amide bonds. The molecule has 0 unspecified atom stereocenters. The van der Waals surface area contributed by atoms with Crippen LogP contribution in [0.25, 0.3) is 0 Å². The largest absolute Gasteiger partial charge is 0.463 e. The smallest absolute Gasteiger partial charge is 0.317 e. The van der Waals surface area contributed by atoms with E-state index in [1.54, 1.807) is 58.2 Å². The molecule has 12 heterocycles. The number of anilines is 12. The lowest BCUT2D eigenvalue weighted by Gasteiger charge is -2.26. The SMILES string of the molecule is CN1c2cccc(n2)Oc2cccc(c2)Oc2cccc(n2)N(C)c2cccc(n2)N(CCCCCOCc2cn(CCOC(=O)CC(=O)OCCn3cc(COCCCCCN4c5cccc(n5)N(C)c5cccc(n5)Oc5cccc(c5)Oc5cccc(n5)N(C)c5cccc4n5)nn3)nn2)c2cccc1n2. The Morgan fingerprint density at radius 3 is 0.927 bits per heavy atom. The van der Waals surface area contributed by atoms with Crippen LogP contribution < -0.4 is 48.3 Å². The number of benzene rings is 2. The summed E-state index contributed by atoms with van der Waals surface area (Å²) in [6, 6.07) is 60.7. The van der Waals surface area contributed by atoms with Gasteiger partial charge in [0.1, 0.15) is 124 Å². The lowest BCUT2D eigenvalue weighted by atomic mass is 10.2. The number of esters is 2. The van der Waals surface area contributed by atoms with Crippen LogP contribution in [0.5, 0.6) is 46.5 Å². The Hall–Kier alpha value is -13.2. The molecule has 12 aromatic rings. The molecule has 0 fully saturated rings. The maximum Gasteiger partial charge on any atom is 0.317 e. The zero-order valence-electron chi connectivity index (χ0n) is 60.7. The molecule has 30 heteroatoms. The number of hydrogen-bond acceptors (Lipinski definition) is 28. The summed E-state index contributed by atoms with van der Waals surface area (Å²) < 4.78 is 50.7. The van der Waals surface area contributed by atoms with Gasteiger partial charge in [0.05, 0.1) is 38.7 Å². The minimum absolute atomic E-state index is 0.0240. The summed E-state index contributed by atoms with van der Waals surface area (Å²) in [5, 5.41) is 16.8. The minimum Gasteiger partial charge on any atom is -0.463 e. The molecule has 2 aliphatic rings. The van der Waals surface area contributed by atoms with E-state index in [0.29, 0.717) is 154 Å². The first kappa shape index (κ1) is 72.7. The summed E-state index contributed by atoms with van der Waals surface area (Å²) in [6.07, 6.45) is 7.79. The molecular weight excluding hydrogens is 1390 g/mol. The quantitative estimate of drug-likeness (QED) is 0.0308. The Balaban J connectivity index is 0.491. The van der Waals surface area contributed by atoms with Gasteiger partial charge in [-0.3, -0.25) is 9.59 Å². The van der Waals surface area contributed by atoms with Crippen LogP contribution in [0.3, 0.4) is 0 Å². The van der Waals surface area contributed by atoms with Crippen molar-refractivity contribution >= 4 is 81.8 Å². The number of carbonyl (C=O) groups excluding carboxylic acids is 2. The second-order valence-corrected chi connectivity index (χ2v) is 25.4. The van der Waals surface area contributed by atoms with Gasteiger partial charge in [-0.05, 0) is 136 Å². The predicted octanol–water partition coefficient (Wildman–Crippen LogP) is 14.1. The average Bonchev–Trinajstić information content (AvgIpc) is 1.57. The maximum atomic E-state index is 12.6. The van der Waals surface area contributed by atoms with Crippen LogP contribution in [-0.4, -0.2) is 150 Å². The van der Waals surface area contributed by atoms with Crippen LogP contribution >= 0.6 is 0 Å². The first-order chi connectivity index (χ1) is 53.4. The Morgan fingerprint density at radius 1 is 0.321 bits per heavy atom. The van der Waals surface area contributed by atoms with Crippen molar-refractivity contribution in [2.45, 2.75) is 71.2 Å². The van der Waals surface area contributed by atoms with Crippen LogP contribution in [0.4, 0.5) is 69.8 Å². The first-order valence-corrected chi connectivity index (χ1v) is 35.8. The Bertz CT molecular complexity index is 4530. The highest BCUT2D eigenvalue weighted by Crippen LogP contribution is 2.37. The highest BCUT2D eigenvalue weighted by molar-refractivity contribution is 5.91. The van der Waals surface area contributed by atoms with Gasteiger partial charge in [-0.25, -0.2) is 29.3 Å². The van der Waals surface area contributed by atoms with E-state index in [0.717, 1.165) is 38.5 Å². The second-order valence-electron chi connectivity index (χ2n) is 25.4. The topological polar surface area (TPSA) is 292 Å². The first-order valence-electron chi connectivity index (χ1n) is 35.8. The van der Waals surface area contributed by atoms with Gasteiger partial charge in [-0.2, -0.15) is 19.9 Å². The van der Waals surface area contributed by atoms with Crippen LogP contribution in [0.2, 0.25) is 0 Å². The molecule has 0 saturated carbocycles. The van der Waals surface area contributed by atoms with Crippen molar-refractivity contribution in [3.8, 4) is 46.5 Å². The van der Waals surface area contributed by atoms with E-state index >= 15 is 0 Å². The third-order valence-corrected chi connectivity index (χ3v) is 17.5. The number of unbranched alkanes of at least 4 members (excludes halogenated alkanes) is 4. The molecule has 556 valence electrons. The standard InChI is InChI=1S/C79H80N20O10/c1-92-62-25-13-33-70(80-62)98(71-34-14-26-63(81-71)93(2)67-30-18-38-75(85-67)107-59-22-11-21-58(49-59)106-74-37-17-29-66(92)84-74)41-7-5-9-45-102-54-56-52-96(90-88-56)43-47-104-78(100)51-79(101)105-48-44-97-53-57(89-91-97)55-103-46-10-6-8-42-99-72-35-15-27-64(82-72)94(3)68-31-19-39-76(86-68)108-60-23-12-24-61(50-60)109-77-40-20-32-69(87-77)95(4)65-28-16-36-73(99)83-65/h11-40,49-50,52-53H,5-10,41-48,51,54-55H2,1-4H3. The highest BCUT2D eigenvalue weighted by Gasteiger charge is 2.23. The number of pyridine rings is 8. The van der Waals surface area contributed by atoms with Crippen LogP contribution in [0, 0.1) is 0 Å². The molecule has 109 heavy (non-hydrogen) atoms. The van der Waals surface area contributed by atoms with E-state index in [1.807, 2.05) is 206 Å². The molecule has 0 spiro atoms. The number of rotatable bonds is 24. The number of hydrogen-bond donors (Lipinski definition) is 0. The molecule has 0 N–H and O–H groups in total. The van der Waals surface area contributed by atoms with E-state index in [2.05, 4.69) is 30.4 Å². The predicted molar refractivity (Wildman–Crippen MR) is 407 cm³/mol. The van der Waals surface area contributed by atoms with Crippen molar-refractivity contribution in [2.24, 2.45) is 0 Å². The number of carbonyl (C=O) groups is 2. The molecule has 0 radical (unpaired) electrons. The summed E-state index contributed by atoms with van der Waals surface area (Å²) in [4.78, 5) is 77.0. The molecule has 2 aromatic carbocycles. The average molecular weight is 1470 g/mol. The van der Waals surface area contributed by atoms with Gasteiger partial charge in [0, 0.05) is 90.9 Å². The summed E-state index contributed by atoms with van der Waals surface area (Å²) in [5.74, 6) is 10.6. The van der Waals surface area contributed by atoms with Gasteiger partial charge >= 0.3 is 11.9 Å². The van der Waals surface area contributed by atoms with Gasteiger partial charge in [0.2, 0.25) is 23.5 Å². The molecule has 2 aliphatic heterocycles. The van der Waals surface area contributed by atoms with Gasteiger partial charge in [-0.1, -0.05) is 71.1 Å². The Morgan fingerprint density at radius 2 is 0.606 bits per heavy atom. The molecular formula is C79H80N20O10. The lowest BCUT2D eigenvalue weighted by molar-refractivity contribution is -0.154. The lowest BCUT2D eigenvalue weighted by Crippen LogP contribution is -2.23. The van der Waals surface area contributed by atoms with Gasteiger partial charge in [0.25, 0.3) is 0 Å².